The van der Waals surface area contributed by atoms with Crippen molar-refractivity contribution in [2.45, 2.75) is 6.92 Å². The molecule has 0 spiro atoms. The fourth-order valence-electron chi connectivity index (χ4n) is 1.41. The Morgan fingerprint density at radius 1 is 1.22 bits per heavy atom. The highest BCUT2D eigenvalue weighted by molar-refractivity contribution is 6.32. The summed E-state index contributed by atoms with van der Waals surface area (Å²) < 4.78 is 10.9. The zero-order valence-corrected chi connectivity index (χ0v) is 11.5. The van der Waals surface area contributed by atoms with E-state index in [4.69, 9.17) is 26.8 Å². The monoisotopic (exact) mass is 272 g/mol. The normalized spacial score (nSPS) is 10.6. The van der Waals surface area contributed by atoms with Gasteiger partial charge in [-0.25, -0.2) is 0 Å². The highest BCUT2D eigenvalue weighted by Gasteiger charge is 2.01. The number of halogens is 1. The van der Waals surface area contributed by atoms with Crippen molar-refractivity contribution in [1.82, 2.24) is 5.32 Å². The van der Waals surface area contributed by atoms with Crippen LogP contribution in [0.1, 0.15) is 5.56 Å². The van der Waals surface area contributed by atoms with E-state index in [-0.39, 0.29) is 0 Å². The lowest BCUT2D eigenvalue weighted by Gasteiger charge is -2.09. The molecule has 0 saturated heterocycles. The molecule has 0 radical (unpaired) electrons. The summed E-state index contributed by atoms with van der Waals surface area (Å²) in [5.74, 6) is 0.710. The summed E-state index contributed by atoms with van der Waals surface area (Å²) >= 11 is 6.01. The smallest absolute Gasteiger partial charge is 0.138 e. The molecule has 5 heteroatoms. The first kappa shape index (κ1) is 15.2. The predicted octanol–water partition coefficient (Wildman–Crippen LogP) is 1.59. The van der Waals surface area contributed by atoms with Gasteiger partial charge in [0, 0.05) is 19.6 Å². The molecule has 0 saturated carbocycles. The number of nitrogens with two attached hydrogens (primary N) is 1. The minimum atomic E-state index is 0.500. The number of hydrogen-bond acceptors (Lipinski definition) is 4. The second-order valence-electron chi connectivity index (χ2n) is 3.93. The fraction of sp³-hybridized carbons (Fsp3) is 0.538. The summed E-state index contributed by atoms with van der Waals surface area (Å²) in [6, 6.07) is 5.71. The van der Waals surface area contributed by atoms with Crippen molar-refractivity contribution in [2.24, 2.45) is 5.73 Å². The number of rotatable bonds is 9. The average molecular weight is 273 g/mol. The lowest BCUT2D eigenvalue weighted by Crippen LogP contribution is -2.26. The van der Waals surface area contributed by atoms with Crippen LogP contribution >= 0.6 is 11.6 Å². The third kappa shape index (κ3) is 6.21. The lowest BCUT2D eigenvalue weighted by molar-refractivity contribution is 0.102. The summed E-state index contributed by atoms with van der Waals surface area (Å²) in [4.78, 5) is 0. The van der Waals surface area contributed by atoms with E-state index in [9.17, 15) is 0 Å². The maximum Gasteiger partial charge on any atom is 0.138 e. The third-order valence-corrected chi connectivity index (χ3v) is 2.63. The molecule has 3 N–H and O–H groups in total. The molecule has 0 aliphatic rings. The highest BCUT2D eigenvalue weighted by Crippen LogP contribution is 2.24. The molecule has 0 bridgehead atoms. The van der Waals surface area contributed by atoms with Gasteiger partial charge in [-0.3, -0.25) is 0 Å². The Bertz CT molecular complexity index is 348. The van der Waals surface area contributed by atoms with Gasteiger partial charge in [-0.15, -0.1) is 0 Å². The molecule has 0 aliphatic carbocycles. The molecule has 1 rings (SSSR count). The van der Waals surface area contributed by atoms with Gasteiger partial charge in [0.15, 0.2) is 0 Å². The van der Waals surface area contributed by atoms with E-state index in [1.54, 1.807) is 0 Å². The van der Waals surface area contributed by atoms with Crippen molar-refractivity contribution in [3.8, 4) is 5.75 Å². The molecule has 1 aromatic rings. The predicted molar refractivity (Wildman–Crippen MR) is 74.4 cm³/mol. The van der Waals surface area contributed by atoms with Gasteiger partial charge in [-0.05, 0) is 24.6 Å². The van der Waals surface area contributed by atoms with Gasteiger partial charge in [0.25, 0.3) is 0 Å². The molecular formula is C13H21ClN2O2. The number of nitrogens with one attached hydrogen (secondary N) is 1. The van der Waals surface area contributed by atoms with Crippen LogP contribution in [-0.2, 0) is 4.74 Å². The first-order valence-electron chi connectivity index (χ1n) is 6.11. The quantitative estimate of drug-likeness (QED) is 0.671. The summed E-state index contributed by atoms with van der Waals surface area (Å²) in [5, 5.41) is 3.78. The topological polar surface area (TPSA) is 56.5 Å². The molecule has 0 fully saturated rings. The Kier molecular flexibility index (Phi) is 7.76. The summed E-state index contributed by atoms with van der Waals surface area (Å²) in [5.41, 5.74) is 6.47. The molecule has 0 amide bonds. The molecular weight excluding hydrogens is 252 g/mol. The van der Waals surface area contributed by atoms with Crippen molar-refractivity contribution in [1.29, 1.82) is 0 Å². The number of hydrogen-bond donors (Lipinski definition) is 2. The number of ether oxygens (including phenoxy) is 2. The van der Waals surface area contributed by atoms with Crippen molar-refractivity contribution in [3.63, 3.8) is 0 Å². The Balaban J connectivity index is 2.09. The van der Waals surface area contributed by atoms with Crippen molar-refractivity contribution in [2.75, 3.05) is 39.5 Å². The molecule has 0 atom stereocenters. The van der Waals surface area contributed by atoms with Crippen LogP contribution in [0.4, 0.5) is 0 Å². The molecule has 0 unspecified atom stereocenters. The third-order valence-electron chi connectivity index (χ3n) is 2.32. The van der Waals surface area contributed by atoms with Crippen LogP contribution in [0.3, 0.4) is 0 Å². The molecule has 4 nitrogen and oxygen atoms in total. The Morgan fingerprint density at radius 3 is 2.83 bits per heavy atom. The van der Waals surface area contributed by atoms with Gasteiger partial charge < -0.3 is 20.5 Å². The van der Waals surface area contributed by atoms with Crippen LogP contribution in [0.15, 0.2) is 18.2 Å². The Hall–Kier alpha value is -0.810. The van der Waals surface area contributed by atoms with Gasteiger partial charge in [0.05, 0.1) is 18.2 Å². The first-order valence-corrected chi connectivity index (χ1v) is 6.49. The van der Waals surface area contributed by atoms with Gasteiger partial charge in [-0.1, -0.05) is 17.7 Å². The zero-order valence-electron chi connectivity index (χ0n) is 10.7. The second kappa shape index (κ2) is 9.16. The van der Waals surface area contributed by atoms with Crippen LogP contribution in [-0.4, -0.2) is 39.5 Å². The van der Waals surface area contributed by atoms with Gasteiger partial charge >= 0.3 is 0 Å². The molecule has 0 aromatic heterocycles. The number of aryl methyl sites for hydroxylation is 1. The van der Waals surface area contributed by atoms with Crippen LogP contribution < -0.4 is 15.8 Å². The van der Waals surface area contributed by atoms with Crippen molar-refractivity contribution in [3.05, 3.63) is 28.8 Å². The maximum atomic E-state index is 6.01. The summed E-state index contributed by atoms with van der Waals surface area (Å²) in [7, 11) is 0. The van der Waals surface area contributed by atoms with E-state index in [0.29, 0.717) is 37.1 Å². The fourth-order valence-corrected chi connectivity index (χ4v) is 1.58. The minimum Gasteiger partial charge on any atom is -0.490 e. The standard InChI is InChI=1S/C13H21ClN2O2/c1-11-2-3-12(14)13(10-11)18-9-8-17-7-6-16-5-4-15/h2-3,10,16H,4-9,15H2,1H3. The van der Waals surface area contributed by atoms with Crippen molar-refractivity contribution >= 4 is 11.6 Å². The van der Waals surface area contributed by atoms with Gasteiger partial charge in [0.2, 0.25) is 0 Å². The van der Waals surface area contributed by atoms with Crippen LogP contribution in [0.2, 0.25) is 5.02 Å². The maximum absolute atomic E-state index is 6.01. The molecule has 102 valence electrons. The second-order valence-corrected chi connectivity index (χ2v) is 4.34. The Labute approximate surface area is 113 Å². The summed E-state index contributed by atoms with van der Waals surface area (Å²) in [6.07, 6.45) is 0. The molecule has 1 aromatic carbocycles. The van der Waals surface area contributed by atoms with E-state index in [2.05, 4.69) is 5.32 Å². The molecule has 0 heterocycles. The average Bonchev–Trinajstić information content (AvgIpc) is 2.36. The first-order chi connectivity index (χ1) is 8.74. The van der Waals surface area contributed by atoms with Crippen LogP contribution in [0.25, 0.3) is 0 Å². The van der Waals surface area contributed by atoms with Crippen LogP contribution in [0.5, 0.6) is 5.75 Å². The molecule has 0 aliphatic heterocycles. The van der Waals surface area contributed by atoms with Crippen LogP contribution in [0, 0.1) is 6.92 Å². The largest absolute Gasteiger partial charge is 0.490 e. The van der Waals surface area contributed by atoms with E-state index in [0.717, 1.165) is 18.7 Å². The SMILES string of the molecule is Cc1ccc(Cl)c(OCCOCCNCCN)c1. The van der Waals surface area contributed by atoms with Crippen molar-refractivity contribution < 1.29 is 9.47 Å². The number of benzene rings is 1. The highest BCUT2D eigenvalue weighted by atomic mass is 35.5. The van der Waals surface area contributed by atoms with E-state index < -0.39 is 0 Å². The van der Waals surface area contributed by atoms with E-state index in [1.807, 2.05) is 25.1 Å². The Morgan fingerprint density at radius 2 is 2.06 bits per heavy atom. The molecule has 18 heavy (non-hydrogen) atoms. The zero-order chi connectivity index (χ0) is 13.2. The minimum absolute atomic E-state index is 0.500. The lowest BCUT2D eigenvalue weighted by atomic mass is 10.2. The van der Waals surface area contributed by atoms with E-state index >= 15 is 0 Å². The van der Waals surface area contributed by atoms with E-state index in [1.165, 1.54) is 0 Å². The van der Waals surface area contributed by atoms with Gasteiger partial charge in [-0.2, -0.15) is 0 Å². The summed E-state index contributed by atoms with van der Waals surface area (Å²) in [6.45, 7) is 5.98. The van der Waals surface area contributed by atoms with Gasteiger partial charge in [0.1, 0.15) is 12.4 Å².